The van der Waals surface area contributed by atoms with Crippen molar-refractivity contribution in [3.05, 3.63) is 29.6 Å². The quantitative estimate of drug-likeness (QED) is 0.866. The van der Waals surface area contributed by atoms with Crippen LogP contribution in [0.15, 0.2) is 18.2 Å². The van der Waals surface area contributed by atoms with Gasteiger partial charge in [0.25, 0.3) is 0 Å². The third-order valence-corrected chi connectivity index (χ3v) is 3.88. The minimum Gasteiger partial charge on any atom is -0.494 e. The van der Waals surface area contributed by atoms with Crippen LogP contribution in [0, 0.1) is 5.82 Å². The van der Waals surface area contributed by atoms with Crippen LogP contribution in [-0.2, 0) is 11.2 Å². The van der Waals surface area contributed by atoms with Crippen LogP contribution in [0.25, 0.3) is 0 Å². The maximum Gasteiger partial charge on any atom is 0.165 e. The second-order valence-corrected chi connectivity index (χ2v) is 5.51. The van der Waals surface area contributed by atoms with Gasteiger partial charge in [-0.3, -0.25) is 0 Å². The first-order valence-electron chi connectivity index (χ1n) is 7.50. The van der Waals surface area contributed by atoms with Gasteiger partial charge in [0.05, 0.1) is 19.8 Å². The second kappa shape index (κ2) is 7.73. The van der Waals surface area contributed by atoms with Crippen LogP contribution < -0.4 is 10.1 Å². The van der Waals surface area contributed by atoms with Crippen molar-refractivity contribution in [2.24, 2.45) is 0 Å². The maximum absolute atomic E-state index is 13.8. The van der Waals surface area contributed by atoms with Crippen molar-refractivity contribution in [1.29, 1.82) is 0 Å². The summed E-state index contributed by atoms with van der Waals surface area (Å²) in [5, 5.41) is 3.46. The molecule has 0 amide bonds. The lowest BCUT2D eigenvalue weighted by Gasteiger charge is -2.35. The van der Waals surface area contributed by atoms with E-state index in [1.54, 1.807) is 12.1 Å². The lowest BCUT2D eigenvalue weighted by molar-refractivity contribution is -0.0381. The molecule has 0 saturated carbocycles. The van der Waals surface area contributed by atoms with Crippen molar-refractivity contribution >= 4 is 0 Å². The van der Waals surface area contributed by atoms with Crippen LogP contribution in [0.3, 0.4) is 0 Å². The molecule has 2 unspecified atom stereocenters. The van der Waals surface area contributed by atoms with Gasteiger partial charge in [0, 0.05) is 19.1 Å². The molecule has 2 rings (SSSR count). The van der Waals surface area contributed by atoms with Gasteiger partial charge in [-0.1, -0.05) is 13.0 Å². The fourth-order valence-corrected chi connectivity index (χ4v) is 2.74. The summed E-state index contributed by atoms with van der Waals surface area (Å²) in [6.45, 7) is 5.56. The van der Waals surface area contributed by atoms with Crippen molar-refractivity contribution < 1.29 is 13.9 Å². The summed E-state index contributed by atoms with van der Waals surface area (Å²) in [7, 11) is 3.58. The van der Waals surface area contributed by atoms with Gasteiger partial charge in [-0.25, -0.2) is 4.39 Å². The van der Waals surface area contributed by atoms with Gasteiger partial charge in [-0.2, -0.15) is 0 Å². The fourth-order valence-electron chi connectivity index (χ4n) is 2.74. The first-order chi connectivity index (χ1) is 10.1. The molecule has 1 saturated heterocycles. The van der Waals surface area contributed by atoms with E-state index in [1.807, 2.05) is 6.07 Å². The zero-order chi connectivity index (χ0) is 15.2. The standard InChI is InChI=1S/C16H25FN2O2/c1-4-18-14(16-11-19(2)7-8-21-16)10-12-5-6-15(20-3)13(17)9-12/h5-6,9,14,16,18H,4,7-8,10-11H2,1-3H3. The number of benzene rings is 1. The number of hydrogen-bond acceptors (Lipinski definition) is 4. The van der Waals surface area contributed by atoms with Crippen molar-refractivity contribution in [3.63, 3.8) is 0 Å². The molecule has 1 aliphatic rings. The van der Waals surface area contributed by atoms with Gasteiger partial charge < -0.3 is 19.7 Å². The minimum absolute atomic E-state index is 0.133. The van der Waals surface area contributed by atoms with E-state index in [1.165, 1.54) is 7.11 Å². The number of likely N-dealkylation sites (N-methyl/N-ethyl adjacent to an activating group) is 2. The van der Waals surface area contributed by atoms with Gasteiger partial charge in [0.2, 0.25) is 0 Å². The molecule has 1 heterocycles. The largest absolute Gasteiger partial charge is 0.494 e. The Morgan fingerprint density at radius 2 is 2.33 bits per heavy atom. The third kappa shape index (κ3) is 4.40. The van der Waals surface area contributed by atoms with Gasteiger partial charge in [-0.05, 0) is 37.7 Å². The Morgan fingerprint density at radius 3 is 2.95 bits per heavy atom. The Balaban J connectivity index is 2.06. The third-order valence-electron chi connectivity index (χ3n) is 3.88. The van der Waals surface area contributed by atoms with Crippen LogP contribution in [0.1, 0.15) is 12.5 Å². The van der Waals surface area contributed by atoms with Crippen molar-refractivity contribution in [1.82, 2.24) is 10.2 Å². The van der Waals surface area contributed by atoms with Crippen LogP contribution in [0.4, 0.5) is 4.39 Å². The normalized spacial score (nSPS) is 21.2. The molecule has 5 heteroatoms. The smallest absolute Gasteiger partial charge is 0.165 e. The fraction of sp³-hybridized carbons (Fsp3) is 0.625. The number of rotatable bonds is 6. The van der Waals surface area contributed by atoms with E-state index >= 15 is 0 Å². The first-order valence-corrected chi connectivity index (χ1v) is 7.50. The molecular formula is C16H25FN2O2. The molecule has 0 aliphatic carbocycles. The molecule has 1 aliphatic heterocycles. The van der Waals surface area contributed by atoms with E-state index < -0.39 is 0 Å². The van der Waals surface area contributed by atoms with E-state index in [0.717, 1.165) is 38.2 Å². The molecule has 1 fully saturated rings. The number of nitrogens with zero attached hydrogens (tertiary/aromatic N) is 1. The summed E-state index contributed by atoms with van der Waals surface area (Å²) >= 11 is 0. The Hall–Kier alpha value is -1.17. The van der Waals surface area contributed by atoms with Crippen LogP contribution in [0.2, 0.25) is 0 Å². The molecule has 1 aromatic rings. The molecule has 4 nitrogen and oxygen atoms in total. The lowest BCUT2D eigenvalue weighted by Crippen LogP contribution is -2.52. The van der Waals surface area contributed by atoms with Gasteiger partial charge in [-0.15, -0.1) is 0 Å². The maximum atomic E-state index is 13.8. The Morgan fingerprint density at radius 1 is 1.52 bits per heavy atom. The minimum atomic E-state index is -0.313. The highest BCUT2D eigenvalue weighted by Gasteiger charge is 2.26. The topological polar surface area (TPSA) is 33.7 Å². The Labute approximate surface area is 126 Å². The molecule has 0 radical (unpaired) electrons. The Bertz CT molecular complexity index is 456. The number of nitrogens with one attached hydrogen (secondary N) is 1. The first kappa shape index (κ1) is 16.2. The predicted octanol–water partition coefficient (Wildman–Crippen LogP) is 1.69. The lowest BCUT2D eigenvalue weighted by atomic mass is 9.99. The van der Waals surface area contributed by atoms with E-state index in [0.29, 0.717) is 0 Å². The van der Waals surface area contributed by atoms with Crippen LogP contribution >= 0.6 is 0 Å². The average Bonchev–Trinajstić information content (AvgIpc) is 2.47. The number of methoxy groups -OCH3 is 1. The molecule has 21 heavy (non-hydrogen) atoms. The van der Waals surface area contributed by atoms with Crippen LogP contribution in [0.5, 0.6) is 5.75 Å². The summed E-state index contributed by atoms with van der Waals surface area (Å²) < 4.78 is 24.7. The molecule has 2 atom stereocenters. The predicted molar refractivity (Wildman–Crippen MR) is 81.4 cm³/mol. The van der Waals surface area contributed by atoms with Gasteiger partial charge in [0.15, 0.2) is 11.6 Å². The molecule has 1 aromatic carbocycles. The Kier molecular flexibility index (Phi) is 5.96. The van der Waals surface area contributed by atoms with Crippen molar-refractivity contribution in [2.45, 2.75) is 25.5 Å². The molecule has 0 aromatic heterocycles. The number of halogens is 1. The number of morpholine rings is 1. The second-order valence-electron chi connectivity index (χ2n) is 5.51. The highest BCUT2D eigenvalue weighted by atomic mass is 19.1. The van der Waals surface area contributed by atoms with Gasteiger partial charge >= 0.3 is 0 Å². The summed E-state index contributed by atoms with van der Waals surface area (Å²) in [5.74, 6) is -0.0284. The summed E-state index contributed by atoms with van der Waals surface area (Å²) in [4.78, 5) is 2.27. The van der Waals surface area contributed by atoms with Gasteiger partial charge in [0.1, 0.15) is 0 Å². The summed E-state index contributed by atoms with van der Waals surface area (Å²) in [6.07, 6.45) is 0.877. The molecule has 118 valence electrons. The summed E-state index contributed by atoms with van der Waals surface area (Å²) in [6, 6.07) is 5.33. The van der Waals surface area contributed by atoms with Crippen molar-refractivity contribution in [2.75, 3.05) is 40.4 Å². The highest BCUT2D eigenvalue weighted by molar-refractivity contribution is 5.29. The zero-order valence-electron chi connectivity index (χ0n) is 13.1. The molecule has 0 bridgehead atoms. The van der Waals surface area contributed by atoms with Crippen molar-refractivity contribution in [3.8, 4) is 5.75 Å². The van der Waals surface area contributed by atoms with E-state index in [-0.39, 0.29) is 23.7 Å². The SMILES string of the molecule is CCNC(Cc1ccc(OC)c(F)c1)C1CN(C)CCO1. The molecular weight excluding hydrogens is 271 g/mol. The molecule has 0 spiro atoms. The molecule has 1 N–H and O–H groups in total. The van der Waals surface area contributed by atoms with E-state index in [2.05, 4.69) is 24.2 Å². The van der Waals surface area contributed by atoms with Crippen LogP contribution in [-0.4, -0.2) is 57.4 Å². The average molecular weight is 296 g/mol. The number of ether oxygens (including phenoxy) is 2. The van der Waals surface area contributed by atoms with E-state index in [4.69, 9.17) is 9.47 Å². The van der Waals surface area contributed by atoms with E-state index in [9.17, 15) is 4.39 Å². The summed E-state index contributed by atoms with van der Waals surface area (Å²) in [5.41, 5.74) is 0.955. The zero-order valence-corrected chi connectivity index (χ0v) is 13.1. The highest BCUT2D eigenvalue weighted by Crippen LogP contribution is 2.20. The monoisotopic (exact) mass is 296 g/mol. The number of hydrogen-bond donors (Lipinski definition) is 1.